The molecule has 0 aliphatic carbocycles. The number of hydrogen-bond donors (Lipinski definition) is 0. The summed E-state index contributed by atoms with van der Waals surface area (Å²) in [5, 5.41) is 7.38. The van der Waals surface area contributed by atoms with Crippen molar-refractivity contribution in [2.24, 2.45) is 0 Å². The van der Waals surface area contributed by atoms with Gasteiger partial charge in [0.2, 0.25) is 0 Å². The Bertz CT molecular complexity index is 33.1. The van der Waals surface area contributed by atoms with Crippen molar-refractivity contribution >= 4 is 36.3 Å². The molecule has 0 heterocycles. The molecule has 0 aromatic heterocycles. The maximum atomic E-state index is 7.38. The van der Waals surface area contributed by atoms with Crippen molar-refractivity contribution in [3.05, 3.63) is 0 Å². The van der Waals surface area contributed by atoms with Gasteiger partial charge in [-0.1, -0.05) is 0 Å². The minimum Gasteiger partial charge on any atom is -0.412 e. The fourth-order valence-corrected chi connectivity index (χ4v) is 0. The second kappa shape index (κ2) is 24.3. The van der Waals surface area contributed by atoms with Gasteiger partial charge in [0, 0.05) is 8.41 Å². The van der Waals surface area contributed by atoms with Crippen LogP contribution in [0.5, 0.6) is 0 Å². The molecule has 0 aromatic carbocycles. The Balaban J connectivity index is -0.0000000200. The standard InChI is InChI=1S/CN.B.Na.H2O/c1-2;;;/h;;;1H2. The van der Waals surface area contributed by atoms with Crippen molar-refractivity contribution in [3.63, 3.8) is 0 Å². The van der Waals surface area contributed by atoms with Crippen LogP contribution >= 0.6 is 0 Å². The zero-order chi connectivity index (χ0) is 2.71. The first kappa shape index (κ1) is 17.8. The van der Waals surface area contributed by atoms with E-state index < -0.39 is 0 Å². The molecule has 0 amide bonds. The Kier molecular flexibility index (Phi) is 86.4. The summed E-state index contributed by atoms with van der Waals surface area (Å²) in [6.45, 7) is 0. The van der Waals surface area contributed by atoms with Gasteiger partial charge in [0.25, 0.3) is 0 Å². The molecule has 0 bridgehead atoms. The molecule has 0 fully saturated rings. The van der Waals surface area contributed by atoms with Crippen molar-refractivity contribution in [2.45, 2.75) is 0 Å². The first-order chi connectivity index (χ1) is 1.41. The van der Waals surface area contributed by atoms with Crippen molar-refractivity contribution in [2.75, 3.05) is 0 Å². The Morgan fingerprint density at radius 1 is 1.60 bits per heavy atom. The maximum absolute atomic E-state index is 7.38. The molecule has 0 rings (SSSR count). The molecule has 0 atom stereocenters. The Morgan fingerprint density at radius 2 is 1.60 bits per heavy atom. The normalized spacial score (nSPS) is 1.80. The number of nitrogens with zero attached hydrogens (tertiary/aromatic N) is 1. The molecule has 5 heavy (non-hydrogen) atoms. The summed E-state index contributed by atoms with van der Waals surface area (Å²) in [5.74, 6) is 0. The zero-order valence-corrected chi connectivity index (χ0v) is 5.02. The third-order valence-electron chi connectivity index (χ3n) is 0. The molecule has 21 valence electrons. The van der Waals surface area contributed by atoms with E-state index in [9.17, 15) is 0 Å². The van der Waals surface area contributed by atoms with Crippen molar-refractivity contribution in [3.8, 4) is 3.32 Å². The van der Waals surface area contributed by atoms with E-state index in [2.05, 4.69) is 0 Å². The van der Waals surface area contributed by atoms with Gasteiger partial charge in [-0.25, -0.2) is 0 Å². The molecular formula is CH2BNNaO. The largest absolute Gasteiger partial charge is 0.412 e. The minimum absolute atomic E-state index is 0. The van der Waals surface area contributed by atoms with Crippen LogP contribution in [-0.2, 0) is 0 Å². The molecule has 2 N–H and O–H groups in total. The van der Waals surface area contributed by atoms with Gasteiger partial charge in [-0.15, -0.1) is 0 Å². The molecule has 0 aromatic rings. The summed E-state index contributed by atoms with van der Waals surface area (Å²) in [5.41, 5.74) is 0. The number of nitriles is 1. The van der Waals surface area contributed by atoms with Gasteiger partial charge < -0.3 is 5.48 Å². The predicted octanol–water partition coefficient (Wildman–Crippen LogP) is -1.57. The van der Waals surface area contributed by atoms with Crippen LogP contribution in [-0.4, -0.2) is 41.8 Å². The molecule has 0 aliphatic heterocycles. The fraction of sp³-hybridized carbons (Fsp3) is 0. The predicted molar refractivity (Wildman–Crippen MR) is 20.7 cm³/mol. The van der Waals surface area contributed by atoms with E-state index in [1.54, 1.807) is 0 Å². The van der Waals surface area contributed by atoms with E-state index in [-0.39, 0.29) is 13.9 Å². The van der Waals surface area contributed by atoms with Crippen LogP contribution in [0.2, 0.25) is 0 Å². The summed E-state index contributed by atoms with van der Waals surface area (Å²) in [6.07, 6.45) is 0. The smallest absolute Gasteiger partial charge is 0 e. The molecule has 2 nitrogen and oxygen atoms in total. The number of hydrogen-bond acceptors (Lipinski definition) is 1. The van der Waals surface area contributed by atoms with E-state index >= 15 is 0 Å². The van der Waals surface area contributed by atoms with Crippen molar-refractivity contribution in [1.29, 1.82) is 5.26 Å². The Morgan fingerprint density at radius 3 is 1.60 bits per heavy atom. The van der Waals surface area contributed by atoms with Gasteiger partial charge in [-0.3, -0.25) is 0 Å². The quantitative estimate of drug-likeness (QED) is 0.323. The monoisotopic (exact) mass is 78.0 g/mol. The second-order valence-corrected chi connectivity index (χ2v) is 0.671. The summed E-state index contributed by atoms with van der Waals surface area (Å²) in [6, 6.07) is 0. The van der Waals surface area contributed by atoms with Crippen LogP contribution in [0.3, 0.4) is 0 Å². The molecule has 0 saturated heterocycles. The minimum atomic E-state index is 0. The van der Waals surface area contributed by atoms with Crippen LogP contribution in [0.15, 0.2) is 0 Å². The van der Waals surface area contributed by atoms with Gasteiger partial charge in [0.15, 0.2) is 0 Å². The van der Waals surface area contributed by atoms with Gasteiger partial charge in [0.05, 0.1) is 0 Å². The van der Waals surface area contributed by atoms with Crippen molar-refractivity contribution in [1.82, 2.24) is 0 Å². The fourth-order valence-electron chi connectivity index (χ4n) is 0. The molecule has 3 radical (unpaired) electrons. The van der Waals surface area contributed by atoms with E-state index in [1.807, 2.05) is 3.32 Å². The summed E-state index contributed by atoms with van der Waals surface area (Å²) < 4.78 is 1.89. The molecule has 0 spiro atoms. The molecule has 0 aliphatic rings. The van der Waals surface area contributed by atoms with Crippen LogP contribution in [0.4, 0.5) is 0 Å². The van der Waals surface area contributed by atoms with Crippen LogP contribution in [0, 0.1) is 8.58 Å². The summed E-state index contributed by atoms with van der Waals surface area (Å²) >= 11 is 0.674. The molecule has 4 heteroatoms. The number of rotatable bonds is 0. The van der Waals surface area contributed by atoms with E-state index in [4.69, 9.17) is 5.26 Å². The molecular weight excluding hydrogens is 75.8 g/mol. The van der Waals surface area contributed by atoms with Crippen molar-refractivity contribution < 1.29 is 5.48 Å². The summed E-state index contributed by atoms with van der Waals surface area (Å²) in [4.78, 5) is 0. The average molecular weight is 77.8 g/mol. The SMILES string of the molecule is N#[C][Na].O.[B]. The first-order valence-electron chi connectivity index (χ1n) is 0.724. The third-order valence-corrected chi connectivity index (χ3v) is 0. The van der Waals surface area contributed by atoms with Gasteiger partial charge >= 0.3 is 36.5 Å². The molecule has 0 saturated carbocycles. The van der Waals surface area contributed by atoms with Gasteiger partial charge in [0.1, 0.15) is 0 Å². The third kappa shape index (κ3) is 108. The van der Waals surface area contributed by atoms with Crippen LogP contribution in [0.25, 0.3) is 0 Å². The summed E-state index contributed by atoms with van der Waals surface area (Å²) in [7, 11) is 0. The van der Waals surface area contributed by atoms with E-state index in [0.29, 0.717) is 27.9 Å². The van der Waals surface area contributed by atoms with Gasteiger partial charge in [-0.05, 0) is 0 Å². The zero-order valence-electron chi connectivity index (χ0n) is 3.02. The Hall–Kier alpha value is 0.515. The molecule has 0 unspecified atom stereocenters. The maximum Gasteiger partial charge on any atom is 0 e. The average Bonchev–Trinajstić information content (AvgIpc) is 0.918. The van der Waals surface area contributed by atoms with E-state index in [0.717, 1.165) is 0 Å². The second-order valence-electron chi connectivity index (χ2n) is 0.224. The van der Waals surface area contributed by atoms with Crippen LogP contribution < -0.4 is 0 Å². The topological polar surface area (TPSA) is 55.3 Å². The first-order valence-corrected chi connectivity index (χ1v) is 1.72. The van der Waals surface area contributed by atoms with E-state index in [1.165, 1.54) is 0 Å². The van der Waals surface area contributed by atoms with Gasteiger partial charge in [-0.2, -0.15) is 0 Å². The van der Waals surface area contributed by atoms with Crippen LogP contribution in [0.1, 0.15) is 0 Å². The Labute approximate surface area is 50.5 Å².